The third kappa shape index (κ3) is 2.45. The molecular weight excluding hydrogens is 232 g/mol. The van der Waals surface area contributed by atoms with Crippen molar-refractivity contribution in [1.29, 1.82) is 0 Å². The van der Waals surface area contributed by atoms with E-state index < -0.39 is 5.97 Å². The van der Waals surface area contributed by atoms with E-state index in [-0.39, 0.29) is 5.56 Å². The van der Waals surface area contributed by atoms with Gasteiger partial charge in [0.2, 0.25) is 0 Å². The number of aromatic carboxylic acids is 1. The third-order valence-electron chi connectivity index (χ3n) is 2.56. The number of benzene rings is 1. The second-order valence-electron chi connectivity index (χ2n) is 3.94. The summed E-state index contributed by atoms with van der Waals surface area (Å²) in [5.41, 5.74) is 6.74. The van der Waals surface area contributed by atoms with Gasteiger partial charge in [-0.25, -0.2) is 4.79 Å². The number of nitrogen functional groups attached to an aromatic ring is 1. The Morgan fingerprint density at radius 3 is 2.78 bits per heavy atom. The van der Waals surface area contributed by atoms with Crippen LogP contribution in [0, 0.1) is 6.92 Å². The minimum absolute atomic E-state index is 0.151. The summed E-state index contributed by atoms with van der Waals surface area (Å²) in [5.74, 6) is 0.527. The van der Waals surface area contributed by atoms with Crippen LogP contribution in [-0.2, 0) is 6.54 Å². The Morgan fingerprint density at radius 2 is 2.17 bits per heavy atom. The molecule has 0 radical (unpaired) electrons. The topological polar surface area (TPSA) is 88.5 Å². The summed E-state index contributed by atoms with van der Waals surface area (Å²) >= 11 is 0. The predicted molar refractivity (Wildman–Crippen MR) is 68.6 cm³/mol. The van der Waals surface area contributed by atoms with E-state index in [4.69, 9.17) is 15.3 Å². The minimum atomic E-state index is -1.01. The molecule has 1 heterocycles. The van der Waals surface area contributed by atoms with Crippen molar-refractivity contribution in [3.8, 4) is 0 Å². The van der Waals surface area contributed by atoms with E-state index in [2.05, 4.69) is 5.32 Å². The molecule has 0 fully saturated rings. The molecule has 1 aromatic heterocycles. The Labute approximate surface area is 104 Å². The molecule has 0 unspecified atom stereocenters. The van der Waals surface area contributed by atoms with Crippen molar-refractivity contribution in [1.82, 2.24) is 0 Å². The van der Waals surface area contributed by atoms with Gasteiger partial charge in [-0.05, 0) is 31.2 Å². The summed E-state index contributed by atoms with van der Waals surface area (Å²) in [5, 5.41) is 12.1. The number of aryl methyl sites for hydroxylation is 1. The van der Waals surface area contributed by atoms with Gasteiger partial charge >= 0.3 is 5.97 Å². The van der Waals surface area contributed by atoms with Crippen LogP contribution >= 0.6 is 0 Å². The highest BCUT2D eigenvalue weighted by Crippen LogP contribution is 2.24. The summed E-state index contributed by atoms with van der Waals surface area (Å²) in [6.45, 7) is 2.24. The maximum absolute atomic E-state index is 11.1. The number of carboxylic acids is 1. The Hall–Kier alpha value is -2.43. The summed E-state index contributed by atoms with van der Waals surface area (Å²) in [7, 11) is 0. The average molecular weight is 246 g/mol. The summed E-state index contributed by atoms with van der Waals surface area (Å²) in [6.07, 6.45) is 0. The van der Waals surface area contributed by atoms with Crippen LogP contribution in [0.5, 0.6) is 0 Å². The van der Waals surface area contributed by atoms with Crippen LogP contribution in [0.3, 0.4) is 0 Å². The zero-order valence-electron chi connectivity index (χ0n) is 9.93. The average Bonchev–Trinajstić information content (AvgIpc) is 2.73. The molecule has 2 aromatic rings. The molecule has 0 amide bonds. The van der Waals surface area contributed by atoms with Crippen molar-refractivity contribution < 1.29 is 14.3 Å². The first-order chi connectivity index (χ1) is 8.58. The van der Waals surface area contributed by atoms with Crippen LogP contribution in [0.4, 0.5) is 11.4 Å². The van der Waals surface area contributed by atoms with Gasteiger partial charge in [0.05, 0.1) is 23.5 Å². The molecule has 94 valence electrons. The van der Waals surface area contributed by atoms with Crippen molar-refractivity contribution in [2.24, 2.45) is 0 Å². The number of para-hydroxylation sites is 1. The summed E-state index contributed by atoms with van der Waals surface area (Å²) in [4.78, 5) is 11.1. The number of hydrogen-bond donors (Lipinski definition) is 3. The van der Waals surface area contributed by atoms with E-state index in [0.29, 0.717) is 17.9 Å². The number of furan rings is 1. The smallest absolute Gasteiger partial charge is 0.337 e. The molecular formula is C13H14N2O3. The number of nitrogens with one attached hydrogen (secondary N) is 1. The standard InChI is InChI=1S/C13H14N2O3/c1-8-5-6-9(18-8)7-15-12-10(13(16)17)3-2-4-11(12)14/h2-6,15H,7,14H2,1H3,(H,16,17). The van der Waals surface area contributed by atoms with Crippen molar-refractivity contribution in [3.05, 3.63) is 47.4 Å². The lowest BCUT2D eigenvalue weighted by atomic mass is 10.1. The van der Waals surface area contributed by atoms with Gasteiger partial charge in [0.15, 0.2) is 0 Å². The molecule has 0 spiro atoms. The zero-order chi connectivity index (χ0) is 13.1. The fourth-order valence-corrected chi connectivity index (χ4v) is 1.70. The molecule has 5 heteroatoms. The number of anilines is 2. The molecule has 0 aliphatic heterocycles. The first kappa shape index (κ1) is 12.0. The lowest BCUT2D eigenvalue weighted by molar-refractivity contribution is 0.0698. The van der Waals surface area contributed by atoms with Gasteiger partial charge in [0.1, 0.15) is 11.5 Å². The molecule has 5 nitrogen and oxygen atoms in total. The number of nitrogens with two attached hydrogens (primary N) is 1. The van der Waals surface area contributed by atoms with E-state index in [1.807, 2.05) is 19.1 Å². The molecule has 0 atom stereocenters. The first-order valence-electron chi connectivity index (χ1n) is 5.49. The van der Waals surface area contributed by atoms with Gasteiger partial charge in [0, 0.05) is 0 Å². The Kier molecular flexibility index (Phi) is 3.23. The highest BCUT2D eigenvalue weighted by atomic mass is 16.4. The van der Waals surface area contributed by atoms with Crippen molar-refractivity contribution in [2.75, 3.05) is 11.1 Å². The van der Waals surface area contributed by atoms with Crippen molar-refractivity contribution >= 4 is 17.3 Å². The highest BCUT2D eigenvalue weighted by molar-refractivity contribution is 5.97. The van der Waals surface area contributed by atoms with E-state index in [1.54, 1.807) is 12.1 Å². The predicted octanol–water partition coefficient (Wildman–Crippen LogP) is 2.48. The first-order valence-corrected chi connectivity index (χ1v) is 5.49. The van der Waals surface area contributed by atoms with Crippen molar-refractivity contribution in [3.63, 3.8) is 0 Å². The lowest BCUT2D eigenvalue weighted by Crippen LogP contribution is -2.08. The summed E-state index contributed by atoms with van der Waals surface area (Å²) in [6, 6.07) is 8.46. The molecule has 0 aliphatic rings. The van der Waals surface area contributed by atoms with E-state index in [1.165, 1.54) is 6.07 Å². The molecule has 0 aliphatic carbocycles. The monoisotopic (exact) mass is 246 g/mol. The van der Waals surface area contributed by atoms with Crippen LogP contribution in [0.1, 0.15) is 21.9 Å². The van der Waals surface area contributed by atoms with Gasteiger partial charge in [0.25, 0.3) is 0 Å². The van der Waals surface area contributed by atoms with Crippen LogP contribution < -0.4 is 11.1 Å². The zero-order valence-corrected chi connectivity index (χ0v) is 9.93. The number of carboxylic acid groups (broad SMARTS) is 1. The molecule has 4 N–H and O–H groups in total. The Balaban J connectivity index is 2.20. The van der Waals surface area contributed by atoms with Crippen LogP contribution in [0.25, 0.3) is 0 Å². The van der Waals surface area contributed by atoms with E-state index in [0.717, 1.165) is 11.5 Å². The van der Waals surface area contributed by atoms with Gasteiger partial charge < -0.3 is 20.6 Å². The van der Waals surface area contributed by atoms with Crippen LogP contribution in [0.2, 0.25) is 0 Å². The quantitative estimate of drug-likeness (QED) is 0.721. The molecule has 0 bridgehead atoms. The molecule has 18 heavy (non-hydrogen) atoms. The van der Waals surface area contributed by atoms with Crippen LogP contribution in [0.15, 0.2) is 34.7 Å². The highest BCUT2D eigenvalue weighted by Gasteiger charge is 2.12. The van der Waals surface area contributed by atoms with E-state index in [9.17, 15) is 4.79 Å². The maximum Gasteiger partial charge on any atom is 0.337 e. The SMILES string of the molecule is Cc1ccc(CNc2c(N)cccc2C(=O)O)o1. The Morgan fingerprint density at radius 1 is 1.39 bits per heavy atom. The van der Waals surface area contributed by atoms with Gasteiger partial charge in [-0.15, -0.1) is 0 Å². The van der Waals surface area contributed by atoms with E-state index >= 15 is 0 Å². The second-order valence-corrected chi connectivity index (χ2v) is 3.94. The second kappa shape index (κ2) is 4.83. The third-order valence-corrected chi connectivity index (χ3v) is 2.56. The van der Waals surface area contributed by atoms with Gasteiger partial charge in [-0.2, -0.15) is 0 Å². The van der Waals surface area contributed by atoms with Crippen LogP contribution in [-0.4, -0.2) is 11.1 Å². The molecule has 2 rings (SSSR count). The van der Waals surface area contributed by atoms with Crippen molar-refractivity contribution in [2.45, 2.75) is 13.5 Å². The van der Waals surface area contributed by atoms with Gasteiger partial charge in [-0.3, -0.25) is 0 Å². The molecule has 0 saturated carbocycles. The van der Waals surface area contributed by atoms with Gasteiger partial charge in [-0.1, -0.05) is 6.07 Å². The lowest BCUT2D eigenvalue weighted by Gasteiger charge is -2.11. The number of rotatable bonds is 4. The maximum atomic E-state index is 11.1. The fourth-order valence-electron chi connectivity index (χ4n) is 1.70. The number of carbonyl (C=O) groups is 1. The summed E-state index contributed by atoms with van der Waals surface area (Å²) < 4.78 is 5.39. The Bertz CT molecular complexity index is 575. The largest absolute Gasteiger partial charge is 0.478 e. The minimum Gasteiger partial charge on any atom is -0.478 e. The molecule has 1 aromatic carbocycles. The number of hydrogen-bond acceptors (Lipinski definition) is 4. The fraction of sp³-hybridized carbons (Fsp3) is 0.154. The molecule has 0 saturated heterocycles. The normalized spacial score (nSPS) is 10.3.